The molecule has 1 fully saturated rings. The first-order chi connectivity index (χ1) is 13.4. The molecular formula is C19H16F3N3O2S. The van der Waals surface area contributed by atoms with Gasteiger partial charge in [0.05, 0.1) is 17.1 Å². The van der Waals surface area contributed by atoms with Gasteiger partial charge in [0.2, 0.25) is 0 Å². The van der Waals surface area contributed by atoms with E-state index < -0.39 is 27.5 Å². The van der Waals surface area contributed by atoms with E-state index in [4.69, 9.17) is 0 Å². The van der Waals surface area contributed by atoms with Crippen LogP contribution in [-0.4, -0.2) is 24.1 Å². The Morgan fingerprint density at radius 2 is 1.61 bits per heavy atom. The molecule has 5 nitrogen and oxygen atoms in total. The Hall–Kier alpha value is -2.81. The Morgan fingerprint density at radius 3 is 2.29 bits per heavy atom. The number of rotatable bonds is 4. The van der Waals surface area contributed by atoms with Gasteiger partial charge in [0.25, 0.3) is 10.0 Å². The van der Waals surface area contributed by atoms with E-state index in [1.807, 2.05) is 0 Å². The van der Waals surface area contributed by atoms with Crippen LogP contribution in [0.2, 0.25) is 0 Å². The molecule has 146 valence electrons. The minimum absolute atomic E-state index is 0.105. The minimum atomic E-state index is -4.05. The zero-order chi connectivity index (χ0) is 19.9. The number of halogens is 3. The number of aromatic nitrogens is 2. The summed E-state index contributed by atoms with van der Waals surface area (Å²) in [6.45, 7) is 0.507. The molecule has 0 saturated carbocycles. The molecule has 0 unspecified atom stereocenters. The van der Waals surface area contributed by atoms with E-state index in [9.17, 15) is 21.6 Å². The van der Waals surface area contributed by atoms with Crippen LogP contribution in [0.25, 0.3) is 0 Å². The topological polar surface area (TPSA) is 55.2 Å². The molecule has 4 rings (SSSR count). The molecule has 1 aliphatic heterocycles. The van der Waals surface area contributed by atoms with Crippen molar-refractivity contribution in [2.45, 2.75) is 23.8 Å². The van der Waals surface area contributed by atoms with Gasteiger partial charge < -0.3 is 4.90 Å². The molecule has 0 spiro atoms. The van der Waals surface area contributed by atoms with Gasteiger partial charge in [-0.25, -0.2) is 13.2 Å². The highest BCUT2D eigenvalue weighted by molar-refractivity contribution is 7.90. The van der Waals surface area contributed by atoms with Gasteiger partial charge in [-0.15, -0.1) is 4.09 Å². The SMILES string of the molecule is O=S(=O)(c1ccc(F)cc1)n1nccc1N1CCC[C@@H]1c1cc(F)cc(F)c1. The second kappa shape index (κ2) is 6.97. The predicted molar refractivity (Wildman–Crippen MR) is 96.9 cm³/mol. The van der Waals surface area contributed by atoms with Crippen LogP contribution in [-0.2, 0) is 10.0 Å². The van der Waals surface area contributed by atoms with Crippen LogP contribution >= 0.6 is 0 Å². The van der Waals surface area contributed by atoms with Gasteiger partial charge >= 0.3 is 0 Å². The van der Waals surface area contributed by atoms with E-state index in [0.717, 1.165) is 28.7 Å². The second-order valence-corrected chi connectivity index (χ2v) is 8.31. The normalized spacial score (nSPS) is 17.2. The summed E-state index contributed by atoms with van der Waals surface area (Å²) in [5.41, 5.74) is 0.432. The van der Waals surface area contributed by atoms with Crippen molar-refractivity contribution in [1.29, 1.82) is 0 Å². The first-order valence-corrected chi connectivity index (χ1v) is 10.1. The summed E-state index contributed by atoms with van der Waals surface area (Å²) in [6, 6.07) is 8.90. The summed E-state index contributed by atoms with van der Waals surface area (Å²) >= 11 is 0. The molecule has 9 heteroatoms. The summed E-state index contributed by atoms with van der Waals surface area (Å²) in [6.07, 6.45) is 2.69. The molecule has 0 aliphatic carbocycles. The summed E-state index contributed by atoms with van der Waals surface area (Å²) in [5, 5.41) is 3.94. The Balaban J connectivity index is 1.75. The quantitative estimate of drug-likeness (QED) is 0.659. The van der Waals surface area contributed by atoms with Crippen molar-refractivity contribution < 1.29 is 21.6 Å². The maximum absolute atomic E-state index is 13.7. The van der Waals surface area contributed by atoms with E-state index in [-0.39, 0.29) is 16.8 Å². The predicted octanol–water partition coefficient (Wildman–Crippen LogP) is 3.88. The minimum Gasteiger partial charge on any atom is -0.349 e. The molecule has 1 atom stereocenters. The van der Waals surface area contributed by atoms with Crippen LogP contribution in [0.15, 0.2) is 59.6 Å². The van der Waals surface area contributed by atoms with E-state index >= 15 is 0 Å². The highest BCUT2D eigenvalue weighted by atomic mass is 32.2. The monoisotopic (exact) mass is 407 g/mol. The Labute approximate surface area is 160 Å². The third kappa shape index (κ3) is 3.26. The van der Waals surface area contributed by atoms with Crippen molar-refractivity contribution in [2.24, 2.45) is 0 Å². The number of hydrogen-bond donors (Lipinski definition) is 0. The molecule has 0 amide bonds. The smallest absolute Gasteiger partial charge is 0.284 e. The van der Waals surface area contributed by atoms with Crippen molar-refractivity contribution in [3.05, 3.63) is 77.7 Å². The maximum Gasteiger partial charge on any atom is 0.284 e. The highest BCUT2D eigenvalue weighted by Gasteiger charge is 2.32. The van der Waals surface area contributed by atoms with Crippen molar-refractivity contribution >= 4 is 15.8 Å². The Bertz CT molecular complexity index is 1090. The van der Waals surface area contributed by atoms with E-state index in [0.29, 0.717) is 18.5 Å². The van der Waals surface area contributed by atoms with Gasteiger partial charge in [0, 0.05) is 18.7 Å². The molecule has 0 bridgehead atoms. The summed E-state index contributed by atoms with van der Waals surface area (Å²) in [7, 11) is -4.05. The zero-order valence-corrected chi connectivity index (χ0v) is 15.4. The van der Waals surface area contributed by atoms with Crippen LogP contribution in [0, 0.1) is 17.5 Å². The molecule has 1 saturated heterocycles. The lowest BCUT2D eigenvalue weighted by molar-refractivity contribution is 0.568. The van der Waals surface area contributed by atoms with Crippen LogP contribution in [0.1, 0.15) is 24.4 Å². The molecule has 3 aromatic rings. The third-order valence-corrected chi connectivity index (χ3v) is 6.35. The standard InChI is InChI=1S/C19H16F3N3O2S/c20-14-3-5-17(6-4-14)28(26,27)25-19(7-8-23-25)24-9-1-2-18(24)13-10-15(21)12-16(22)11-13/h3-8,10-12,18H,1-2,9H2/t18-/m1/s1. The average molecular weight is 407 g/mol. The third-order valence-electron chi connectivity index (χ3n) is 4.75. The van der Waals surface area contributed by atoms with Gasteiger partial charge in [-0.1, -0.05) is 0 Å². The largest absolute Gasteiger partial charge is 0.349 e. The molecule has 0 radical (unpaired) electrons. The molecule has 28 heavy (non-hydrogen) atoms. The maximum atomic E-state index is 13.7. The van der Waals surface area contributed by atoms with Crippen molar-refractivity contribution in [3.8, 4) is 0 Å². The fourth-order valence-electron chi connectivity index (χ4n) is 3.54. The lowest BCUT2D eigenvalue weighted by Gasteiger charge is -2.27. The molecule has 2 heterocycles. The van der Waals surface area contributed by atoms with E-state index in [1.54, 1.807) is 4.90 Å². The van der Waals surface area contributed by atoms with Crippen molar-refractivity contribution in [2.75, 3.05) is 11.4 Å². The van der Waals surface area contributed by atoms with Crippen molar-refractivity contribution in [3.63, 3.8) is 0 Å². The number of hydrogen-bond acceptors (Lipinski definition) is 4. The highest BCUT2D eigenvalue weighted by Crippen LogP contribution is 2.37. The van der Waals surface area contributed by atoms with Crippen LogP contribution < -0.4 is 4.90 Å². The first kappa shape index (κ1) is 18.5. The van der Waals surface area contributed by atoms with Crippen LogP contribution in [0.4, 0.5) is 19.0 Å². The van der Waals surface area contributed by atoms with E-state index in [1.165, 1.54) is 36.5 Å². The van der Waals surface area contributed by atoms with Crippen LogP contribution in [0.3, 0.4) is 0 Å². The number of nitrogens with zero attached hydrogens (tertiary/aromatic N) is 3. The van der Waals surface area contributed by atoms with Gasteiger partial charge in [0.1, 0.15) is 23.3 Å². The van der Waals surface area contributed by atoms with Gasteiger partial charge in [-0.05, 0) is 54.8 Å². The number of benzene rings is 2. The Kier molecular flexibility index (Phi) is 4.62. The van der Waals surface area contributed by atoms with Crippen molar-refractivity contribution in [1.82, 2.24) is 9.19 Å². The number of anilines is 1. The summed E-state index contributed by atoms with van der Waals surface area (Å²) in [5.74, 6) is -1.63. The molecule has 2 aromatic carbocycles. The van der Waals surface area contributed by atoms with Gasteiger partial charge in [0.15, 0.2) is 0 Å². The average Bonchev–Trinajstić information content (AvgIpc) is 3.30. The fourth-order valence-corrected chi connectivity index (χ4v) is 4.81. The van der Waals surface area contributed by atoms with Gasteiger partial charge in [-0.2, -0.15) is 13.5 Å². The van der Waals surface area contributed by atoms with E-state index in [2.05, 4.69) is 5.10 Å². The lowest BCUT2D eigenvalue weighted by Crippen LogP contribution is -2.28. The lowest BCUT2D eigenvalue weighted by atomic mass is 10.0. The summed E-state index contributed by atoms with van der Waals surface area (Å²) in [4.78, 5) is 1.66. The molecule has 1 aromatic heterocycles. The fraction of sp³-hybridized carbons (Fsp3) is 0.211. The second-order valence-electron chi connectivity index (χ2n) is 6.55. The Morgan fingerprint density at radius 1 is 0.929 bits per heavy atom. The summed E-state index contributed by atoms with van der Waals surface area (Å²) < 4.78 is 67.3. The molecule has 0 N–H and O–H groups in total. The molecule has 1 aliphatic rings. The first-order valence-electron chi connectivity index (χ1n) is 8.64. The van der Waals surface area contributed by atoms with Gasteiger partial charge in [-0.3, -0.25) is 0 Å². The zero-order valence-electron chi connectivity index (χ0n) is 14.6. The van der Waals surface area contributed by atoms with Crippen LogP contribution in [0.5, 0.6) is 0 Å². The molecular weight excluding hydrogens is 391 g/mol.